The molecule has 0 spiro atoms. The SMILES string of the molecule is C=CCCCN[C@@](C=O)(COC(C)(C)C)Cc1ccccc1. The minimum atomic E-state index is -0.685. The third-order valence-corrected chi connectivity index (χ3v) is 3.41. The maximum absolute atomic E-state index is 11.8. The number of hydrogen-bond donors (Lipinski definition) is 1. The van der Waals surface area contributed by atoms with Crippen LogP contribution in [-0.4, -0.2) is 30.6 Å². The first kappa shape index (κ1) is 18.6. The van der Waals surface area contributed by atoms with Gasteiger partial charge < -0.3 is 14.8 Å². The Morgan fingerprint density at radius 1 is 1.23 bits per heavy atom. The Balaban J connectivity index is 2.80. The van der Waals surface area contributed by atoms with E-state index in [1.165, 1.54) is 0 Å². The van der Waals surface area contributed by atoms with Crippen molar-refractivity contribution in [2.24, 2.45) is 0 Å². The number of benzene rings is 1. The number of rotatable bonds is 10. The van der Waals surface area contributed by atoms with Crippen LogP contribution in [0.3, 0.4) is 0 Å². The van der Waals surface area contributed by atoms with Gasteiger partial charge in [-0.25, -0.2) is 0 Å². The number of aldehydes is 1. The van der Waals surface area contributed by atoms with Crippen LogP contribution in [0.25, 0.3) is 0 Å². The van der Waals surface area contributed by atoms with E-state index >= 15 is 0 Å². The number of carbonyl (C=O) groups excluding carboxylic acids is 1. The zero-order chi connectivity index (χ0) is 16.5. The maximum Gasteiger partial charge on any atom is 0.142 e. The summed E-state index contributed by atoms with van der Waals surface area (Å²) in [6.45, 7) is 10.9. The molecule has 0 aliphatic heterocycles. The Hall–Kier alpha value is -1.45. The van der Waals surface area contributed by atoms with Crippen LogP contribution in [0.15, 0.2) is 43.0 Å². The van der Waals surface area contributed by atoms with Gasteiger partial charge in [-0.15, -0.1) is 6.58 Å². The fraction of sp³-hybridized carbons (Fsp3) is 0.526. The summed E-state index contributed by atoms with van der Waals surface area (Å²) in [6, 6.07) is 10.1. The largest absolute Gasteiger partial charge is 0.373 e. The molecule has 0 fully saturated rings. The number of unbranched alkanes of at least 4 members (excludes halogenated alkanes) is 1. The van der Waals surface area contributed by atoms with E-state index in [9.17, 15) is 4.79 Å². The van der Waals surface area contributed by atoms with E-state index in [1.807, 2.05) is 57.2 Å². The molecule has 0 saturated heterocycles. The van der Waals surface area contributed by atoms with Crippen molar-refractivity contribution in [3.8, 4) is 0 Å². The lowest BCUT2D eigenvalue weighted by Crippen LogP contribution is -2.54. The molecule has 22 heavy (non-hydrogen) atoms. The first-order valence-corrected chi connectivity index (χ1v) is 7.91. The van der Waals surface area contributed by atoms with Gasteiger partial charge in [0.05, 0.1) is 12.2 Å². The van der Waals surface area contributed by atoms with Gasteiger partial charge >= 0.3 is 0 Å². The molecule has 1 aromatic rings. The summed E-state index contributed by atoms with van der Waals surface area (Å²) in [5.41, 5.74) is 0.173. The van der Waals surface area contributed by atoms with Gasteiger partial charge in [0.15, 0.2) is 0 Å². The minimum absolute atomic E-state index is 0.270. The standard InChI is InChI=1S/C19H29NO2/c1-5-6-10-13-20-19(15-21,16-22-18(2,3)4)14-17-11-8-7-9-12-17/h5,7-9,11-12,15,20H,1,6,10,13-14,16H2,2-4H3/t19-/m0/s1. The van der Waals surface area contributed by atoms with Gasteiger partial charge in [-0.3, -0.25) is 0 Å². The summed E-state index contributed by atoms with van der Waals surface area (Å²) in [7, 11) is 0. The molecule has 1 atom stereocenters. The Bertz CT molecular complexity index is 450. The van der Waals surface area contributed by atoms with Gasteiger partial charge in [0.25, 0.3) is 0 Å². The summed E-state index contributed by atoms with van der Waals surface area (Å²) in [5.74, 6) is 0. The van der Waals surface area contributed by atoms with Crippen molar-refractivity contribution >= 4 is 6.29 Å². The molecule has 0 radical (unpaired) electrons. The quantitative estimate of drug-likeness (QED) is 0.408. The van der Waals surface area contributed by atoms with E-state index in [4.69, 9.17) is 4.74 Å². The lowest BCUT2D eigenvalue weighted by atomic mass is 9.92. The molecular formula is C19H29NO2. The van der Waals surface area contributed by atoms with Crippen molar-refractivity contribution in [2.75, 3.05) is 13.2 Å². The fourth-order valence-electron chi connectivity index (χ4n) is 2.17. The van der Waals surface area contributed by atoms with Crippen LogP contribution in [0, 0.1) is 0 Å². The Morgan fingerprint density at radius 2 is 1.91 bits per heavy atom. The molecule has 0 saturated carbocycles. The molecule has 0 heterocycles. The normalized spacial score (nSPS) is 14.3. The molecule has 3 heteroatoms. The molecule has 0 unspecified atom stereocenters. The summed E-state index contributed by atoms with van der Waals surface area (Å²) in [4.78, 5) is 11.8. The van der Waals surface area contributed by atoms with E-state index in [1.54, 1.807) is 0 Å². The Kier molecular flexibility index (Phi) is 7.49. The van der Waals surface area contributed by atoms with E-state index in [-0.39, 0.29) is 5.60 Å². The molecule has 0 amide bonds. The molecule has 0 aromatic heterocycles. The van der Waals surface area contributed by atoms with Crippen LogP contribution >= 0.6 is 0 Å². The molecule has 1 N–H and O–H groups in total. The van der Waals surface area contributed by atoms with Crippen molar-refractivity contribution < 1.29 is 9.53 Å². The van der Waals surface area contributed by atoms with Gasteiger partial charge in [0, 0.05) is 0 Å². The van der Waals surface area contributed by atoms with Crippen molar-refractivity contribution in [3.05, 3.63) is 48.6 Å². The van der Waals surface area contributed by atoms with Crippen LogP contribution in [0.2, 0.25) is 0 Å². The van der Waals surface area contributed by atoms with Crippen LogP contribution in [0.5, 0.6) is 0 Å². The Morgan fingerprint density at radius 3 is 2.45 bits per heavy atom. The third kappa shape index (κ3) is 7.01. The third-order valence-electron chi connectivity index (χ3n) is 3.41. The van der Waals surface area contributed by atoms with Gasteiger partial charge in [-0.05, 0) is 52.1 Å². The first-order valence-electron chi connectivity index (χ1n) is 7.91. The number of allylic oxidation sites excluding steroid dienone is 1. The average Bonchev–Trinajstić information content (AvgIpc) is 2.49. The molecular weight excluding hydrogens is 274 g/mol. The molecule has 1 aromatic carbocycles. The van der Waals surface area contributed by atoms with Gasteiger partial charge in [-0.2, -0.15) is 0 Å². The lowest BCUT2D eigenvalue weighted by molar-refractivity contribution is -0.119. The molecule has 0 aliphatic carbocycles. The maximum atomic E-state index is 11.8. The number of nitrogens with one attached hydrogen (secondary N) is 1. The highest BCUT2D eigenvalue weighted by atomic mass is 16.5. The highest BCUT2D eigenvalue weighted by Gasteiger charge is 2.31. The van der Waals surface area contributed by atoms with Gasteiger partial charge in [0.2, 0.25) is 0 Å². The number of carbonyl (C=O) groups is 1. The summed E-state index contributed by atoms with van der Waals surface area (Å²) in [5, 5.41) is 3.40. The zero-order valence-electron chi connectivity index (χ0n) is 14.1. The molecule has 1 rings (SSSR count). The van der Waals surface area contributed by atoms with Crippen LogP contribution < -0.4 is 5.32 Å². The lowest BCUT2D eigenvalue weighted by Gasteiger charge is -2.33. The average molecular weight is 303 g/mol. The zero-order valence-corrected chi connectivity index (χ0v) is 14.1. The second kappa shape index (κ2) is 8.86. The minimum Gasteiger partial charge on any atom is -0.373 e. The monoisotopic (exact) mass is 303 g/mol. The number of ether oxygens (including phenoxy) is 1. The summed E-state index contributed by atoms with van der Waals surface area (Å²) in [6.07, 6.45) is 5.42. The molecule has 0 bridgehead atoms. The van der Waals surface area contributed by atoms with Gasteiger partial charge in [0.1, 0.15) is 11.8 Å². The predicted octanol–water partition coefficient (Wildman–Crippen LogP) is 3.54. The summed E-state index contributed by atoms with van der Waals surface area (Å²) >= 11 is 0. The van der Waals surface area contributed by atoms with E-state index < -0.39 is 5.54 Å². The van der Waals surface area contributed by atoms with Crippen molar-refractivity contribution in [3.63, 3.8) is 0 Å². The second-order valence-electron chi connectivity index (χ2n) is 6.70. The Labute approximate surface area is 134 Å². The predicted molar refractivity (Wildman–Crippen MR) is 92.1 cm³/mol. The summed E-state index contributed by atoms with van der Waals surface area (Å²) < 4.78 is 5.90. The second-order valence-corrected chi connectivity index (χ2v) is 6.70. The molecule has 122 valence electrons. The van der Waals surface area contributed by atoms with Crippen LogP contribution in [0.1, 0.15) is 39.2 Å². The van der Waals surface area contributed by atoms with E-state index in [0.717, 1.165) is 31.2 Å². The topological polar surface area (TPSA) is 38.3 Å². The number of hydrogen-bond acceptors (Lipinski definition) is 3. The smallest absolute Gasteiger partial charge is 0.142 e. The first-order chi connectivity index (χ1) is 10.4. The molecule has 3 nitrogen and oxygen atoms in total. The van der Waals surface area contributed by atoms with E-state index in [0.29, 0.717) is 13.0 Å². The van der Waals surface area contributed by atoms with Crippen LogP contribution in [0.4, 0.5) is 0 Å². The van der Waals surface area contributed by atoms with Gasteiger partial charge in [-0.1, -0.05) is 36.4 Å². The molecule has 0 aliphatic rings. The van der Waals surface area contributed by atoms with Crippen molar-refractivity contribution in [1.82, 2.24) is 5.32 Å². The van der Waals surface area contributed by atoms with Crippen molar-refractivity contribution in [1.29, 1.82) is 0 Å². The highest BCUT2D eigenvalue weighted by Crippen LogP contribution is 2.17. The highest BCUT2D eigenvalue weighted by molar-refractivity contribution is 5.65. The van der Waals surface area contributed by atoms with E-state index in [2.05, 4.69) is 11.9 Å². The van der Waals surface area contributed by atoms with Crippen LogP contribution in [-0.2, 0) is 16.0 Å². The van der Waals surface area contributed by atoms with Crippen molar-refractivity contribution in [2.45, 2.75) is 51.2 Å². The fourth-order valence-corrected chi connectivity index (χ4v) is 2.17.